The molecule has 0 aliphatic carbocycles. The molecule has 0 unspecified atom stereocenters. The number of carbonyl (C=O) groups is 1. The predicted molar refractivity (Wildman–Crippen MR) is 102 cm³/mol. The van der Waals surface area contributed by atoms with Gasteiger partial charge >= 0.3 is 6.03 Å². The lowest BCUT2D eigenvalue weighted by Gasteiger charge is -2.23. The van der Waals surface area contributed by atoms with Gasteiger partial charge in [0.1, 0.15) is 5.75 Å². The molecule has 0 bridgehead atoms. The van der Waals surface area contributed by atoms with Gasteiger partial charge in [-0.3, -0.25) is 5.32 Å². The number of nitrogens with two attached hydrogens (primary N) is 1. The number of primary sulfonamides is 1. The van der Waals surface area contributed by atoms with Gasteiger partial charge in [0.2, 0.25) is 10.0 Å². The van der Waals surface area contributed by atoms with Crippen LogP contribution in [0.15, 0.2) is 29.6 Å². The van der Waals surface area contributed by atoms with E-state index in [2.05, 4.69) is 15.6 Å². The van der Waals surface area contributed by atoms with E-state index in [1.807, 2.05) is 43.5 Å². The van der Waals surface area contributed by atoms with Crippen molar-refractivity contribution in [2.45, 2.75) is 19.3 Å². The molecule has 0 saturated carbocycles. The van der Waals surface area contributed by atoms with E-state index in [0.717, 1.165) is 17.0 Å². The first-order valence-corrected chi connectivity index (χ1v) is 10.4. The normalized spacial score (nSPS) is 11.8. The van der Waals surface area contributed by atoms with Gasteiger partial charge in [-0.1, -0.05) is 26.0 Å². The Balaban J connectivity index is 2.02. The van der Waals surface area contributed by atoms with Crippen LogP contribution in [0.2, 0.25) is 0 Å². The second-order valence-corrected chi connectivity index (χ2v) is 8.73. The number of benzene rings is 1. The molecule has 4 N–H and O–H groups in total. The van der Waals surface area contributed by atoms with E-state index in [9.17, 15) is 13.2 Å². The molecule has 26 heavy (non-hydrogen) atoms. The Morgan fingerprint density at radius 1 is 1.31 bits per heavy atom. The molecular weight excluding hydrogens is 376 g/mol. The van der Waals surface area contributed by atoms with E-state index < -0.39 is 16.1 Å². The zero-order valence-electron chi connectivity index (χ0n) is 14.8. The highest BCUT2D eigenvalue weighted by atomic mass is 32.2. The first-order chi connectivity index (χ1) is 12.1. The number of carbonyl (C=O) groups excluding carboxylic acids is 1. The predicted octanol–water partition coefficient (Wildman–Crippen LogP) is 1.89. The van der Waals surface area contributed by atoms with Gasteiger partial charge in [0, 0.05) is 17.3 Å². The molecule has 2 rings (SSSR count). The van der Waals surface area contributed by atoms with E-state index in [4.69, 9.17) is 9.88 Å². The van der Waals surface area contributed by atoms with Crippen molar-refractivity contribution in [3.05, 3.63) is 40.9 Å². The SMILES string of the molecule is COc1ccc(C(C)(C)c2csc(NC(=O)NCCS(N)(=O)=O)n2)cc1. The van der Waals surface area contributed by atoms with Crippen molar-refractivity contribution in [2.24, 2.45) is 5.14 Å². The lowest BCUT2D eigenvalue weighted by atomic mass is 9.82. The van der Waals surface area contributed by atoms with Crippen molar-refractivity contribution < 1.29 is 17.9 Å². The van der Waals surface area contributed by atoms with Crippen LogP contribution >= 0.6 is 11.3 Å². The van der Waals surface area contributed by atoms with Crippen molar-refractivity contribution in [3.8, 4) is 5.75 Å². The summed E-state index contributed by atoms with van der Waals surface area (Å²) >= 11 is 1.30. The van der Waals surface area contributed by atoms with Crippen LogP contribution in [0.1, 0.15) is 25.1 Å². The first-order valence-electron chi connectivity index (χ1n) is 7.77. The summed E-state index contributed by atoms with van der Waals surface area (Å²) in [6, 6.07) is 7.20. The minimum absolute atomic E-state index is 0.0692. The maximum atomic E-state index is 11.8. The van der Waals surface area contributed by atoms with Gasteiger partial charge in [-0.25, -0.2) is 23.3 Å². The fourth-order valence-electron chi connectivity index (χ4n) is 2.22. The molecule has 1 heterocycles. The van der Waals surface area contributed by atoms with Crippen molar-refractivity contribution in [3.63, 3.8) is 0 Å². The minimum Gasteiger partial charge on any atom is -0.497 e. The van der Waals surface area contributed by atoms with Gasteiger partial charge in [-0.15, -0.1) is 11.3 Å². The van der Waals surface area contributed by atoms with Crippen molar-refractivity contribution >= 4 is 32.5 Å². The number of aromatic nitrogens is 1. The third-order valence-electron chi connectivity index (χ3n) is 3.85. The van der Waals surface area contributed by atoms with Gasteiger partial charge in [0.25, 0.3) is 0 Å². The molecule has 0 atom stereocenters. The molecule has 8 nitrogen and oxygen atoms in total. The van der Waals surface area contributed by atoms with Crippen LogP contribution in [0.3, 0.4) is 0 Å². The highest BCUT2D eigenvalue weighted by Crippen LogP contribution is 2.34. The fourth-order valence-corrected chi connectivity index (χ4v) is 3.48. The molecule has 2 amide bonds. The average molecular weight is 399 g/mol. The number of nitrogens with one attached hydrogen (secondary N) is 2. The zero-order chi connectivity index (χ0) is 19.4. The molecule has 1 aromatic carbocycles. The molecule has 0 saturated heterocycles. The Kier molecular flexibility index (Phi) is 6.21. The summed E-state index contributed by atoms with van der Waals surface area (Å²) in [5.74, 6) is 0.454. The number of nitrogens with zero attached hydrogens (tertiary/aromatic N) is 1. The molecule has 142 valence electrons. The Morgan fingerprint density at radius 2 is 1.96 bits per heavy atom. The van der Waals surface area contributed by atoms with Crippen LogP contribution in [0, 0.1) is 0 Å². The number of urea groups is 1. The van der Waals surface area contributed by atoms with Crippen molar-refractivity contribution in [1.82, 2.24) is 10.3 Å². The monoisotopic (exact) mass is 398 g/mol. The molecular formula is C16H22N4O4S2. The Hall–Kier alpha value is -2.17. The molecule has 1 aromatic heterocycles. The number of thiazole rings is 1. The van der Waals surface area contributed by atoms with E-state index in [-0.39, 0.29) is 17.7 Å². The van der Waals surface area contributed by atoms with E-state index in [1.165, 1.54) is 11.3 Å². The van der Waals surface area contributed by atoms with Gasteiger partial charge in [-0.2, -0.15) is 0 Å². The van der Waals surface area contributed by atoms with E-state index in [1.54, 1.807) is 7.11 Å². The van der Waals surface area contributed by atoms with Gasteiger partial charge in [-0.05, 0) is 17.7 Å². The number of hydrogen-bond donors (Lipinski definition) is 3. The Bertz CT molecular complexity index is 861. The summed E-state index contributed by atoms with van der Waals surface area (Å²) in [6.07, 6.45) is 0. The highest BCUT2D eigenvalue weighted by molar-refractivity contribution is 7.89. The van der Waals surface area contributed by atoms with E-state index >= 15 is 0 Å². The summed E-state index contributed by atoms with van der Waals surface area (Å²) in [5.41, 5.74) is 1.52. The summed E-state index contributed by atoms with van der Waals surface area (Å²) in [4.78, 5) is 16.3. The maximum Gasteiger partial charge on any atom is 0.321 e. The van der Waals surface area contributed by atoms with Crippen molar-refractivity contribution in [2.75, 3.05) is 24.7 Å². The number of amides is 2. The number of hydrogen-bond acceptors (Lipinski definition) is 6. The van der Waals surface area contributed by atoms with Crippen LogP contribution in [0.25, 0.3) is 0 Å². The number of anilines is 1. The average Bonchev–Trinajstić information content (AvgIpc) is 3.03. The minimum atomic E-state index is -3.61. The van der Waals surface area contributed by atoms with Gasteiger partial charge < -0.3 is 10.1 Å². The Morgan fingerprint density at radius 3 is 2.54 bits per heavy atom. The number of sulfonamides is 1. The van der Waals surface area contributed by atoms with Gasteiger partial charge in [0.15, 0.2) is 5.13 Å². The molecule has 0 spiro atoms. The van der Waals surface area contributed by atoms with Gasteiger partial charge in [0.05, 0.1) is 18.6 Å². The number of ether oxygens (including phenoxy) is 1. The smallest absolute Gasteiger partial charge is 0.321 e. The summed E-state index contributed by atoms with van der Waals surface area (Å²) in [5, 5.41) is 12.2. The second kappa shape index (κ2) is 8.02. The Labute approximate surface area is 156 Å². The first kappa shape index (κ1) is 20.1. The summed E-state index contributed by atoms with van der Waals surface area (Å²) < 4.78 is 26.9. The summed E-state index contributed by atoms with van der Waals surface area (Å²) in [6.45, 7) is 4.01. The van der Waals surface area contributed by atoms with Crippen molar-refractivity contribution in [1.29, 1.82) is 0 Å². The van der Waals surface area contributed by atoms with Crippen LogP contribution in [0.5, 0.6) is 5.75 Å². The number of rotatable bonds is 7. The van der Waals surface area contributed by atoms with E-state index in [0.29, 0.717) is 5.13 Å². The lowest BCUT2D eigenvalue weighted by Crippen LogP contribution is -2.34. The van der Waals surface area contributed by atoms with Crippen LogP contribution in [0.4, 0.5) is 9.93 Å². The zero-order valence-corrected chi connectivity index (χ0v) is 16.4. The maximum absolute atomic E-state index is 11.8. The molecule has 0 aliphatic heterocycles. The third-order valence-corrected chi connectivity index (χ3v) is 5.38. The summed E-state index contributed by atoms with van der Waals surface area (Å²) in [7, 11) is -1.99. The van der Waals surface area contributed by atoms with Crippen LogP contribution in [-0.4, -0.2) is 38.8 Å². The highest BCUT2D eigenvalue weighted by Gasteiger charge is 2.26. The van der Waals surface area contributed by atoms with Crippen LogP contribution in [-0.2, 0) is 15.4 Å². The largest absolute Gasteiger partial charge is 0.497 e. The molecule has 10 heteroatoms. The molecule has 0 aliphatic rings. The standard InChI is InChI=1S/C16H22N4O4S2/c1-16(2,11-4-6-12(24-3)7-5-11)13-10-25-15(19-13)20-14(21)18-8-9-26(17,22)23/h4-7,10H,8-9H2,1-3H3,(H2,17,22,23)(H2,18,19,20,21). The quantitative estimate of drug-likeness (QED) is 0.657. The third kappa shape index (κ3) is 5.41. The topological polar surface area (TPSA) is 123 Å². The van der Waals surface area contributed by atoms with Crippen LogP contribution < -0.4 is 20.5 Å². The number of methoxy groups -OCH3 is 1. The lowest BCUT2D eigenvalue weighted by molar-refractivity contribution is 0.252. The fraction of sp³-hybridized carbons (Fsp3) is 0.375. The molecule has 2 aromatic rings. The second-order valence-electron chi connectivity index (χ2n) is 6.14. The molecule has 0 radical (unpaired) electrons. The molecule has 0 fully saturated rings.